The zero-order valence-corrected chi connectivity index (χ0v) is 26.5. The van der Waals surface area contributed by atoms with Crippen molar-refractivity contribution in [2.45, 2.75) is 51.5 Å². The number of nitro groups is 1. The Kier molecular flexibility index (Phi) is 11.9. The largest absolute Gasteiger partial charge is 0.497 e. The summed E-state index contributed by atoms with van der Waals surface area (Å²) in [4.78, 5) is 39.5. The number of anilines is 1. The molecule has 0 fully saturated rings. The summed E-state index contributed by atoms with van der Waals surface area (Å²) in [5.74, 6) is -0.246. The van der Waals surface area contributed by atoms with E-state index in [9.17, 15) is 28.1 Å². The molecule has 236 valence electrons. The summed E-state index contributed by atoms with van der Waals surface area (Å²) in [5.41, 5.74) is 1.05. The second-order valence-electron chi connectivity index (χ2n) is 10.8. The van der Waals surface area contributed by atoms with Gasteiger partial charge in [-0.1, -0.05) is 57.2 Å². The molecule has 3 aromatic carbocycles. The van der Waals surface area contributed by atoms with Crippen LogP contribution in [0, 0.1) is 23.0 Å². The first-order valence-electron chi connectivity index (χ1n) is 14.4. The van der Waals surface area contributed by atoms with Crippen molar-refractivity contribution in [2.75, 3.05) is 31.0 Å². The lowest BCUT2D eigenvalue weighted by Gasteiger charge is -2.33. The number of sulfonamides is 1. The molecule has 0 aromatic heterocycles. The Hall–Kier alpha value is -4.45. The molecule has 0 unspecified atom stereocenters. The van der Waals surface area contributed by atoms with E-state index in [2.05, 4.69) is 5.32 Å². The van der Waals surface area contributed by atoms with Crippen LogP contribution in [-0.4, -0.2) is 62.8 Å². The van der Waals surface area contributed by atoms with Crippen molar-refractivity contribution >= 4 is 33.2 Å². The average molecular weight is 625 g/mol. The fourth-order valence-electron chi connectivity index (χ4n) is 4.67. The topological polar surface area (TPSA) is 139 Å². The number of ether oxygens (including phenoxy) is 1. The lowest BCUT2D eigenvalue weighted by Crippen LogP contribution is -2.53. The van der Waals surface area contributed by atoms with Crippen LogP contribution >= 0.6 is 0 Å². The molecule has 0 saturated heterocycles. The van der Waals surface area contributed by atoms with Gasteiger partial charge in [0.1, 0.15) is 18.3 Å². The minimum Gasteiger partial charge on any atom is -0.497 e. The first-order chi connectivity index (χ1) is 20.9. The van der Waals surface area contributed by atoms with Crippen molar-refractivity contribution in [2.24, 2.45) is 5.92 Å². The highest BCUT2D eigenvalue weighted by molar-refractivity contribution is 7.92. The minimum absolute atomic E-state index is 0.155. The molecule has 0 heterocycles. The molecule has 0 aliphatic heterocycles. The Morgan fingerprint density at radius 1 is 1.02 bits per heavy atom. The first-order valence-corrected chi connectivity index (χ1v) is 15.9. The van der Waals surface area contributed by atoms with E-state index >= 15 is 0 Å². The van der Waals surface area contributed by atoms with Gasteiger partial charge in [0.15, 0.2) is 0 Å². The summed E-state index contributed by atoms with van der Waals surface area (Å²) in [6.07, 6.45) is 0.754. The fourth-order valence-corrected chi connectivity index (χ4v) is 6.10. The van der Waals surface area contributed by atoms with Crippen LogP contribution in [0.4, 0.5) is 11.4 Å². The molecule has 0 radical (unpaired) electrons. The number of hydrogen-bond donors (Lipinski definition) is 1. The van der Waals surface area contributed by atoms with Crippen LogP contribution in [0.2, 0.25) is 0 Å². The molecule has 0 bridgehead atoms. The van der Waals surface area contributed by atoms with Crippen molar-refractivity contribution in [1.29, 1.82) is 0 Å². The molecular weight excluding hydrogens is 584 g/mol. The van der Waals surface area contributed by atoms with Gasteiger partial charge >= 0.3 is 0 Å². The van der Waals surface area contributed by atoms with E-state index in [1.165, 1.54) is 43.2 Å². The summed E-state index contributed by atoms with van der Waals surface area (Å²) in [7, 11) is -3.01. The maximum Gasteiger partial charge on any atom is 0.273 e. The highest BCUT2D eigenvalue weighted by Crippen LogP contribution is 2.29. The molecule has 0 spiro atoms. The second-order valence-corrected chi connectivity index (χ2v) is 12.7. The molecule has 0 aliphatic carbocycles. The number of amides is 2. The number of nitrogens with zero attached hydrogens (tertiary/aromatic N) is 3. The van der Waals surface area contributed by atoms with Gasteiger partial charge in [-0.25, -0.2) is 8.42 Å². The van der Waals surface area contributed by atoms with Crippen molar-refractivity contribution < 1.29 is 27.7 Å². The minimum atomic E-state index is -4.48. The number of benzene rings is 3. The van der Waals surface area contributed by atoms with Gasteiger partial charge in [0.25, 0.3) is 15.7 Å². The number of rotatable bonds is 15. The molecule has 0 saturated carbocycles. The van der Waals surface area contributed by atoms with Gasteiger partial charge in [0.05, 0.1) is 22.6 Å². The average Bonchev–Trinajstić information content (AvgIpc) is 3.01. The zero-order chi connectivity index (χ0) is 32.4. The Bertz CT molecular complexity index is 1540. The molecule has 2 amide bonds. The van der Waals surface area contributed by atoms with Crippen molar-refractivity contribution in [3.63, 3.8) is 0 Å². The Morgan fingerprint density at radius 2 is 1.68 bits per heavy atom. The summed E-state index contributed by atoms with van der Waals surface area (Å²) < 4.78 is 34.3. The van der Waals surface area contributed by atoms with Gasteiger partial charge in [-0.3, -0.25) is 24.0 Å². The SMILES string of the molecule is CC[C@H](C(=O)NCC(C)C)N(CCc1ccccc1)C(=O)CN(c1ccc(OC)cc1)S(=O)(=O)c1ccc(C)c([N+](=O)[O-])c1. The van der Waals surface area contributed by atoms with E-state index in [-0.39, 0.29) is 34.6 Å². The van der Waals surface area contributed by atoms with Crippen molar-refractivity contribution in [3.05, 3.63) is 94.0 Å². The standard InChI is InChI=1S/C32H40N4O7S/c1-6-29(32(38)33-21-23(2)3)34(19-18-25-10-8-7-9-11-25)31(37)22-35(26-13-15-27(43-5)16-14-26)44(41,42)28-17-12-24(4)30(20-28)36(39)40/h7-17,20,23,29H,6,18-19,21-22H2,1-5H3,(H,33,38)/t29-/m1/s1. The molecular formula is C32H40N4O7S. The van der Waals surface area contributed by atoms with E-state index in [4.69, 9.17) is 4.74 Å². The molecule has 12 heteroatoms. The van der Waals surface area contributed by atoms with Crippen LogP contribution in [0.25, 0.3) is 0 Å². The normalized spacial score (nSPS) is 12.0. The monoisotopic (exact) mass is 624 g/mol. The maximum absolute atomic E-state index is 14.1. The lowest BCUT2D eigenvalue weighted by atomic mass is 10.1. The lowest BCUT2D eigenvalue weighted by molar-refractivity contribution is -0.385. The Balaban J connectivity index is 2.06. The van der Waals surface area contributed by atoms with Crippen LogP contribution in [0.15, 0.2) is 77.7 Å². The summed E-state index contributed by atoms with van der Waals surface area (Å²) in [5, 5.41) is 14.5. The van der Waals surface area contributed by atoms with E-state index in [0.29, 0.717) is 30.7 Å². The van der Waals surface area contributed by atoms with Crippen LogP contribution in [0.5, 0.6) is 5.75 Å². The van der Waals surface area contributed by atoms with Crippen LogP contribution in [0.3, 0.4) is 0 Å². The molecule has 0 aliphatic rings. The molecule has 3 aromatic rings. The predicted octanol–water partition coefficient (Wildman–Crippen LogP) is 4.73. The van der Waals surface area contributed by atoms with E-state index in [1.54, 1.807) is 19.1 Å². The van der Waals surface area contributed by atoms with Crippen LogP contribution in [0.1, 0.15) is 38.3 Å². The van der Waals surface area contributed by atoms with Gasteiger partial charge < -0.3 is 15.0 Å². The van der Waals surface area contributed by atoms with Crippen LogP contribution < -0.4 is 14.4 Å². The van der Waals surface area contributed by atoms with E-state index < -0.39 is 33.4 Å². The molecule has 1 atom stereocenters. The Morgan fingerprint density at radius 3 is 2.25 bits per heavy atom. The van der Waals surface area contributed by atoms with Gasteiger partial charge in [-0.05, 0) is 61.6 Å². The van der Waals surface area contributed by atoms with E-state index in [1.807, 2.05) is 44.2 Å². The summed E-state index contributed by atoms with van der Waals surface area (Å²) in [6.45, 7) is 7.20. The number of carbonyl (C=O) groups is 2. The maximum atomic E-state index is 14.1. The first kappa shape index (κ1) is 34.0. The summed E-state index contributed by atoms with van der Waals surface area (Å²) >= 11 is 0. The van der Waals surface area contributed by atoms with E-state index in [0.717, 1.165) is 15.9 Å². The molecule has 3 rings (SSSR count). The highest BCUT2D eigenvalue weighted by Gasteiger charge is 2.34. The fraction of sp³-hybridized carbons (Fsp3) is 0.375. The molecule has 44 heavy (non-hydrogen) atoms. The molecule has 1 N–H and O–H groups in total. The van der Waals surface area contributed by atoms with Gasteiger partial charge in [0.2, 0.25) is 11.8 Å². The van der Waals surface area contributed by atoms with Gasteiger partial charge in [0, 0.05) is 24.7 Å². The quantitative estimate of drug-likeness (QED) is 0.191. The third-order valence-electron chi connectivity index (χ3n) is 7.16. The summed E-state index contributed by atoms with van der Waals surface area (Å²) in [6, 6.07) is 18.4. The van der Waals surface area contributed by atoms with Crippen LogP contribution in [-0.2, 0) is 26.0 Å². The van der Waals surface area contributed by atoms with Gasteiger partial charge in [-0.15, -0.1) is 0 Å². The third-order valence-corrected chi connectivity index (χ3v) is 8.93. The number of carbonyl (C=O) groups excluding carboxylic acids is 2. The third kappa shape index (κ3) is 8.56. The highest BCUT2D eigenvalue weighted by atomic mass is 32.2. The second kappa shape index (κ2) is 15.3. The number of hydrogen-bond acceptors (Lipinski definition) is 7. The number of nitrogens with one attached hydrogen (secondary N) is 1. The van der Waals surface area contributed by atoms with Gasteiger partial charge in [-0.2, -0.15) is 0 Å². The van der Waals surface area contributed by atoms with Crippen molar-refractivity contribution in [3.8, 4) is 5.75 Å². The number of aryl methyl sites for hydroxylation is 1. The predicted molar refractivity (Wildman–Crippen MR) is 169 cm³/mol. The smallest absolute Gasteiger partial charge is 0.273 e. The molecule has 11 nitrogen and oxygen atoms in total. The zero-order valence-electron chi connectivity index (χ0n) is 25.7. The number of methoxy groups -OCH3 is 1. The Labute approximate surface area is 259 Å². The number of nitro benzene ring substituents is 1. The van der Waals surface area contributed by atoms with Crippen molar-refractivity contribution in [1.82, 2.24) is 10.2 Å².